The van der Waals surface area contributed by atoms with Crippen molar-refractivity contribution < 1.29 is 19.3 Å². The Morgan fingerprint density at radius 3 is 2.46 bits per heavy atom. The van der Waals surface area contributed by atoms with E-state index >= 15 is 0 Å². The highest BCUT2D eigenvalue weighted by atomic mass is 35.5. The minimum Gasteiger partial charge on any atom is -0.504 e. The zero-order valence-corrected chi connectivity index (χ0v) is 15.9. The number of phenols is 1. The molecule has 0 saturated carbocycles. The van der Waals surface area contributed by atoms with Crippen LogP contribution in [0.1, 0.15) is 5.56 Å². The summed E-state index contributed by atoms with van der Waals surface area (Å²) in [6.45, 7) is 0. The van der Waals surface area contributed by atoms with Crippen molar-refractivity contribution in [3.63, 3.8) is 0 Å². The lowest BCUT2D eigenvalue weighted by atomic mass is 10.2. The van der Waals surface area contributed by atoms with Gasteiger partial charge < -0.3 is 24.6 Å². The predicted molar refractivity (Wildman–Crippen MR) is 106 cm³/mol. The smallest absolute Gasteiger partial charge is 0.191 e. The monoisotopic (exact) mass is 395 g/mol. The summed E-state index contributed by atoms with van der Waals surface area (Å²) >= 11 is 11.3. The van der Waals surface area contributed by atoms with Crippen LogP contribution in [0.5, 0.6) is 23.0 Å². The Morgan fingerprint density at radius 2 is 1.81 bits per heavy atom. The fraction of sp³-hybridized carbons (Fsp3) is 0.176. The Morgan fingerprint density at radius 1 is 1.12 bits per heavy atom. The number of benzene rings is 2. The third-order valence-corrected chi connectivity index (χ3v) is 3.83. The molecule has 0 radical (unpaired) electrons. The molecule has 9 heteroatoms. The molecule has 0 aliphatic heterocycles. The van der Waals surface area contributed by atoms with Crippen LogP contribution in [-0.4, -0.2) is 37.8 Å². The van der Waals surface area contributed by atoms with Gasteiger partial charge in [-0.05, 0) is 24.4 Å². The van der Waals surface area contributed by atoms with Crippen LogP contribution in [0.3, 0.4) is 0 Å². The summed E-state index contributed by atoms with van der Waals surface area (Å²) in [5.74, 6) is 1.31. The van der Waals surface area contributed by atoms with E-state index in [2.05, 4.69) is 15.8 Å². The second-order valence-corrected chi connectivity index (χ2v) is 5.72. The Hall–Kier alpha value is -2.71. The van der Waals surface area contributed by atoms with Crippen molar-refractivity contribution in [2.75, 3.05) is 26.6 Å². The van der Waals surface area contributed by atoms with Gasteiger partial charge in [-0.25, -0.2) is 0 Å². The van der Waals surface area contributed by atoms with Gasteiger partial charge in [-0.15, -0.1) is 0 Å². The van der Waals surface area contributed by atoms with Crippen LogP contribution in [0.15, 0.2) is 35.4 Å². The first-order chi connectivity index (χ1) is 12.5. The van der Waals surface area contributed by atoms with Crippen molar-refractivity contribution in [3.05, 3.63) is 40.9 Å². The van der Waals surface area contributed by atoms with Gasteiger partial charge in [0.15, 0.2) is 16.6 Å². The zero-order valence-electron chi connectivity index (χ0n) is 14.4. The highest BCUT2D eigenvalue weighted by molar-refractivity contribution is 7.80. The van der Waals surface area contributed by atoms with Crippen molar-refractivity contribution in [1.82, 2.24) is 5.43 Å². The van der Waals surface area contributed by atoms with Crippen LogP contribution in [0, 0.1) is 0 Å². The van der Waals surface area contributed by atoms with Crippen LogP contribution in [0.4, 0.5) is 5.69 Å². The van der Waals surface area contributed by atoms with Gasteiger partial charge in [-0.1, -0.05) is 17.7 Å². The Labute approximate surface area is 161 Å². The standard InChI is InChI=1S/C17H18ClN3O4S/c1-23-13-6-4-5-10(16(13)22)9-19-21-17(26)20-12-8-14(24-2)11(18)7-15(12)25-3/h4-9,22H,1-3H3,(H2,20,21,26). The fourth-order valence-corrected chi connectivity index (χ4v) is 2.47. The lowest BCUT2D eigenvalue weighted by molar-refractivity contribution is 0.373. The maximum absolute atomic E-state index is 10.0. The molecular weight excluding hydrogens is 378 g/mol. The van der Waals surface area contributed by atoms with Crippen molar-refractivity contribution in [2.45, 2.75) is 0 Å². The molecule has 3 N–H and O–H groups in total. The van der Waals surface area contributed by atoms with E-state index in [9.17, 15) is 5.11 Å². The van der Waals surface area contributed by atoms with E-state index in [0.29, 0.717) is 33.5 Å². The number of hydrogen-bond donors (Lipinski definition) is 3. The van der Waals surface area contributed by atoms with E-state index in [0.717, 1.165) is 0 Å². The van der Waals surface area contributed by atoms with E-state index in [-0.39, 0.29) is 10.9 Å². The first-order valence-electron chi connectivity index (χ1n) is 7.37. The molecule has 0 aliphatic carbocycles. The Kier molecular flexibility index (Phi) is 6.88. The van der Waals surface area contributed by atoms with Crippen molar-refractivity contribution in [2.24, 2.45) is 5.10 Å². The number of methoxy groups -OCH3 is 3. The number of anilines is 1. The molecule has 0 amide bonds. The molecule has 0 fully saturated rings. The Balaban J connectivity index is 2.08. The third-order valence-electron chi connectivity index (χ3n) is 3.34. The number of hydrogen-bond acceptors (Lipinski definition) is 6. The minimum atomic E-state index is -0.0106. The van der Waals surface area contributed by atoms with E-state index in [4.69, 9.17) is 38.0 Å². The van der Waals surface area contributed by atoms with Gasteiger partial charge in [0.25, 0.3) is 0 Å². The van der Waals surface area contributed by atoms with Crippen LogP contribution in [0.2, 0.25) is 5.02 Å². The van der Waals surface area contributed by atoms with Gasteiger partial charge in [0.1, 0.15) is 11.5 Å². The van der Waals surface area contributed by atoms with E-state index < -0.39 is 0 Å². The largest absolute Gasteiger partial charge is 0.504 e. The molecule has 2 rings (SSSR count). The average Bonchev–Trinajstić information content (AvgIpc) is 2.64. The van der Waals surface area contributed by atoms with Crippen molar-refractivity contribution >= 4 is 40.8 Å². The van der Waals surface area contributed by atoms with E-state index in [1.54, 1.807) is 30.3 Å². The quantitative estimate of drug-likeness (QED) is 0.392. The second kappa shape index (κ2) is 9.12. The number of hydrazone groups is 1. The van der Waals surface area contributed by atoms with Crippen LogP contribution < -0.4 is 25.0 Å². The molecule has 0 aromatic heterocycles. The molecular formula is C17H18ClN3O4S. The van der Waals surface area contributed by atoms with Crippen LogP contribution in [0.25, 0.3) is 0 Å². The lowest BCUT2D eigenvalue weighted by Gasteiger charge is -2.14. The van der Waals surface area contributed by atoms with Crippen LogP contribution in [-0.2, 0) is 0 Å². The molecule has 0 aliphatic rings. The van der Waals surface area contributed by atoms with Gasteiger partial charge in [0.2, 0.25) is 0 Å². The van der Waals surface area contributed by atoms with Crippen molar-refractivity contribution in [1.29, 1.82) is 0 Å². The summed E-state index contributed by atoms with van der Waals surface area (Å²) in [7, 11) is 4.50. The molecule has 26 heavy (non-hydrogen) atoms. The maximum Gasteiger partial charge on any atom is 0.191 e. The third kappa shape index (κ3) is 4.68. The number of halogens is 1. The van der Waals surface area contributed by atoms with Gasteiger partial charge in [0.05, 0.1) is 38.3 Å². The first kappa shape index (κ1) is 19.6. The second-order valence-electron chi connectivity index (χ2n) is 4.91. The molecule has 138 valence electrons. The highest BCUT2D eigenvalue weighted by Gasteiger charge is 2.11. The van der Waals surface area contributed by atoms with E-state index in [1.165, 1.54) is 27.5 Å². The van der Waals surface area contributed by atoms with Gasteiger partial charge >= 0.3 is 0 Å². The first-order valence-corrected chi connectivity index (χ1v) is 8.16. The molecule has 0 bridgehead atoms. The van der Waals surface area contributed by atoms with Gasteiger partial charge in [0, 0.05) is 17.7 Å². The van der Waals surface area contributed by atoms with E-state index in [1.807, 2.05) is 0 Å². The number of phenolic OH excluding ortho intramolecular Hbond substituents is 1. The minimum absolute atomic E-state index is 0.0106. The lowest BCUT2D eigenvalue weighted by Crippen LogP contribution is -2.24. The van der Waals surface area contributed by atoms with Gasteiger partial charge in [-0.3, -0.25) is 5.43 Å². The molecule has 0 unspecified atom stereocenters. The number of nitrogens with zero attached hydrogens (tertiary/aromatic N) is 1. The number of para-hydroxylation sites is 1. The molecule has 7 nitrogen and oxygen atoms in total. The zero-order chi connectivity index (χ0) is 19.1. The molecule has 0 spiro atoms. The molecule has 2 aromatic rings. The molecule has 2 aromatic carbocycles. The summed E-state index contributed by atoms with van der Waals surface area (Å²) < 4.78 is 15.5. The highest BCUT2D eigenvalue weighted by Crippen LogP contribution is 2.35. The predicted octanol–water partition coefficient (Wildman–Crippen LogP) is 3.39. The molecule has 0 atom stereocenters. The summed E-state index contributed by atoms with van der Waals surface area (Å²) in [5, 5.41) is 17.6. The topological polar surface area (TPSA) is 84.3 Å². The summed E-state index contributed by atoms with van der Waals surface area (Å²) in [5.41, 5.74) is 3.69. The SMILES string of the molecule is COc1cc(NC(=S)NN=Cc2cccc(OC)c2O)c(OC)cc1Cl. The fourth-order valence-electron chi connectivity index (χ4n) is 2.08. The summed E-state index contributed by atoms with van der Waals surface area (Å²) in [6.07, 6.45) is 1.42. The van der Waals surface area contributed by atoms with Crippen molar-refractivity contribution in [3.8, 4) is 23.0 Å². The number of nitrogens with one attached hydrogen (secondary N) is 2. The summed E-state index contributed by atoms with van der Waals surface area (Å²) in [6, 6.07) is 8.34. The normalized spacial score (nSPS) is 10.5. The summed E-state index contributed by atoms with van der Waals surface area (Å²) in [4.78, 5) is 0. The number of aromatic hydroxyl groups is 1. The number of thiocarbonyl (C=S) groups is 1. The van der Waals surface area contributed by atoms with Crippen LogP contribution >= 0.6 is 23.8 Å². The maximum atomic E-state index is 10.0. The number of ether oxygens (including phenoxy) is 3. The molecule has 0 heterocycles. The Bertz CT molecular complexity index is 830. The number of rotatable bonds is 6. The molecule has 0 saturated heterocycles. The van der Waals surface area contributed by atoms with Gasteiger partial charge in [-0.2, -0.15) is 5.10 Å². The average molecular weight is 396 g/mol.